The van der Waals surface area contributed by atoms with Crippen LogP contribution in [0.4, 0.5) is 0 Å². The second kappa shape index (κ2) is 5.87. The second-order valence-corrected chi connectivity index (χ2v) is 6.78. The van der Waals surface area contributed by atoms with Gasteiger partial charge in [-0.1, -0.05) is 36.2 Å². The van der Waals surface area contributed by atoms with Crippen molar-refractivity contribution >= 4 is 0 Å². The van der Waals surface area contributed by atoms with Crippen LogP contribution in [-0.4, -0.2) is 41.5 Å². The lowest BCUT2D eigenvalue weighted by Crippen LogP contribution is -2.58. The van der Waals surface area contributed by atoms with Gasteiger partial charge in [-0.05, 0) is 45.7 Å². The molecule has 2 aliphatic rings. The number of piperidine rings is 1. The molecule has 110 valence electrons. The Morgan fingerprint density at radius 2 is 1.85 bits per heavy atom. The molecule has 1 aromatic rings. The second-order valence-electron chi connectivity index (χ2n) is 6.78. The molecule has 3 atom stereocenters. The Morgan fingerprint density at radius 1 is 1.10 bits per heavy atom. The molecule has 3 rings (SSSR count). The first-order valence-electron chi connectivity index (χ1n) is 8.21. The molecule has 0 bridgehead atoms. The number of piperazine rings is 1. The number of fused-ring (bicyclic) bond motifs is 1. The van der Waals surface area contributed by atoms with Crippen LogP contribution in [0.3, 0.4) is 0 Å². The minimum atomic E-state index is 0.537. The standard InChI is InChI=1S/C18H28N2/c1-14-7-9-17(10-8-14)16(3)20-13-18-6-4-5-11-19(18)12-15(20)2/h7-10,15-16,18H,4-6,11-13H2,1-3H3. The molecule has 0 N–H and O–H groups in total. The predicted molar refractivity (Wildman–Crippen MR) is 85.0 cm³/mol. The molecule has 0 aromatic heterocycles. The van der Waals surface area contributed by atoms with Crippen molar-refractivity contribution in [2.24, 2.45) is 0 Å². The van der Waals surface area contributed by atoms with Crippen LogP contribution in [-0.2, 0) is 0 Å². The van der Waals surface area contributed by atoms with Crippen molar-refractivity contribution < 1.29 is 0 Å². The summed E-state index contributed by atoms with van der Waals surface area (Å²) in [5.41, 5.74) is 2.82. The first kappa shape index (κ1) is 14.1. The fraction of sp³-hybridized carbons (Fsp3) is 0.667. The molecule has 2 heteroatoms. The van der Waals surface area contributed by atoms with Crippen LogP contribution < -0.4 is 0 Å². The number of benzene rings is 1. The van der Waals surface area contributed by atoms with Crippen molar-refractivity contribution in [2.45, 2.75) is 58.2 Å². The molecule has 2 aliphatic heterocycles. The molecule has 0 radical (unpaired) electrons. The van der Waals surface area contributed by atoms with Crippen molar-refractivity contribution in [3.8, 4) is 0 Å². The van der Waals surface area contributed by atoms with Crippen LogP contribution in [0.1, 0.15) is 50.3 Å². The number of hydrogen-bond donors (Lipinski definition) is 0. The van der Waals surface area contributed by atoms with E-state index < -0.39 is 0 Å². The van der Waals surface area contributed by atoms with Crippen LogP contribution in [0.2, 0.25) is 0 Å². The van der Waals surface area contributed by atoms with Gasteiger partial charge in [-0.2, -0.15) is 0 Å². The maximum atomic E-state index is 2.73. The maximum absolute atomic E-state index is 2.73. The zero-order valence-corrected chi connectivity index (χ0v) is 13.2. The van der Waals surface area contributed by atoms with Crippen LogP contribution in [0.25, 0.3) is 0 Å². The Morgan fingerprint density at radius 3 is 2.60 bits per heavy atom. The number of rotatable bonds is 2. The van der Waals surface area contributed by atoms with E-state index >= 15 is 0 Å². The third kappa shape index (κ3) is 2.77. The number of hydrogen-bond acceptors (Lipinski definition) is 2. The quantitative estimate of drug-likeness (QED) is 0.811. The molecule has 1 aromatic carbocycles. The molecule has 0 aliphatic carbocycles. The molecule has 20 heavy (non-hydrogen) atoms. The topological polar surface area (TPSA) is 6.48 Å². The Hall–Kier alpha value is -0.860. The van der Waals surface area contributed by atoms with Crippen molar-refractivity contribution in [1.29, 1.82) is 0 Å². The minimum absolute atomic E-state index is 0.537. The maximum Gasteiger partial charge on any atom is 0.0323 e. The van der Waals surface area contributed by atoms with Crippen LogP contribution >= 0.6 is 0 Å². The van der Waals surface area contributed by atoms with Gasteiger partial charge in [0, 0.05) is 31.2 Å². The Balaban J connectivity index is 1.73. The first-order chi connectivity index (χ1) is 9.65. The van der Waals surface area contributed by atoms with Gasteiger partial charge < -0.3 is 0 Å². The van der Waals surface area contributed by atoms with Gasteiger partial charge in [0.25, 0.3) is 0 Å². The van der Waals surface area contributed by atoms with Crippen molar-refractivity contribution in [3.63, 3.8) is 0 Å². The fourth-order valence-electron chi connectivity index (χ4n) is 3.95. The van der Waals surface area contributed by atoms with Gasteiger partial charge in [0.1, 0.15) is 0 Å². The van der Waals surface area contributed by atoms with E-state index in [1.54, 1.807) is 0 Å². The van der Waals surface area contributed by atoms with Crippen LogP contribution in [0.15, 0.2) is 24.3 Å². The summed E-state index contributed by atoms with van der Waals surface area (Å²) in [4.78, 5) is 5.45. The molecule has 0 saturated carbocycles. The normalized spacial score (nSPS) is 29.9. The molecule has 0 spiro atoms. The molecule has 2 nitrogen and oxygen atoms in total. The first-order valence-corrected chi connectivity index (χ1v) is 8.21. The SMILES string of the molecule is Cc1ccc(C(C)N2CC3CCCCN3CC2C)cc1. The van der Waals surface area contributed by atoms with E-state index in [4.69, 9.17) is 0 Å². The summed E-state index contributed by atoms with van der Waals surface area (Å²) in [7, 11) is 0. The van der Waals surface area contributed by atoms with E-state index in [9.17, 15) is 0 Å². The lowest BCUT2D eigenvalue weighted by molar-refractivity contribution is -0.00459. The monoisotopic (exact) mass is 272 g/mol. The fourth-order valence-corrected chi connectivity index (χ4v) is 3.95. The Bertz CT molecular complexity index is 439. The minimum Gasteiger partial charge on any atom is -0.298 e. The van der Waals surface area contributed by atoms with E-state index in [-0.39, 0.29) is 0 Å². The molecule has 2 fully saturated rings. The molecule has 2 heterocycles. The van der Waals surface area contributed by atoms with E-state index in [1.165, 1.54) is 50.0 Å². The summed E-state index contributed by atoms with van der Waals surface area (Å²) < 4.78 is 0. The predicted octanol–water partition coefficient (Wildman–Crippen LogP) is 3.61. The zero-order valence-electron chi connectivity index (χ0n) is 13.2. The highest BCUT2D eigenvalue weighted by Crippen LogP contribution is 2.30. The van der Waals surface area contributed by atoms with Crippen LogP contribution in [0.5, 0.6) is 0 Å². The van der Waals surface area contributed by atoms with Gasteiger partial charge in [-0.25, -0.2) is 0 Å². The molecule has 0 amide bonds. The lowest BCUT2D eigenvalue weighted by atomic mass is 9.94. The Kier molecular flexibility index (Phi) is 4.13. The van der Waals surface area contributed by atoms with Crippen molar-refractivity contribution in [3.05, 3.63) is 35.4 Å². The smallest absolute Gasteiger partial charge is 0.0323 e. The van der Waals surface area contributed by atoms with Gasteiger partial charge in [-0.15, -0.1) is 0 Å². The molecule has 2 saturated heterocycles. The summed E-state index contributed by atoms with van der Waals surface area (Å²) in [6, 6.07) is 11.1. The van der Waals surface area contributed by atoms with Gasteiger partial charge in [0.2, 0.25) is 0 Å². The van der Waals surface area contributed by atoms with Gasteiger partial charge in [0.05, 0.1) is 0 Å². The highest BCUT2D eigenvalue weighted by molar-refractivity contribution is 5.24. The highest BCUT2D eigenvalue weighted by Gasteiger charge is 2.35. The summed E-state index contributed by atoms with van der Waals surface area (Å²) in [5, 5.41) is 0. The van der Waals surface area contributed by atoms with E-state index in [1.807, 2.05) is 0 Å². The molecule has 3 unspecified atom stereocenters. The average Bonchev–Trinajstić information content (AvgIpc) is 2.46. The third-order valence-corrected chi connectivity index (χ3v) is 5.29. The van der Waals surface area contributed by atoms with E-state index in [0.717, 1.165) is 6.04 Å². The van der Waals surface area contributed by atoms with Gasteiger partial charge >= 0.3 is 0 Å². The molecular weight excluding hydrogens is 244 g/mol. The van der Waals surface area contributed by atoms with Crippen molar-refractivity contribution in [2.75, 3.05) is 19.6 Å². The lowest BCUT2D eigenvalue weighted by Gasteiger charge is -2.49. The van der Waals surface area contributed by atoms with Gasteiger partial charge in [0.15, 0.2) is 0 Å². The highest BCUT2D eigenvalue weighted by atomic mass is 15.3. The van der Waals surface area contributed by atoms with Crippen molar-refractivity contribution in [1.82, 2.24) is 9.80 Å². The van der Waals surface area contributed by atoms with Gasteiger partial charge in [-0.3, -0.25) is 9.80 Å². The third-order valence-electron chi connectivity index (χ3n) is 5.29. The summed E-state index contributed by atoms with van der Waals surface area (Å²) in [5.74, 6) is 0. The summed E-state index contributed by atoms with van der Waals surface area (Å²) in [6.45, 7) is 10.8. The number of aryl methyl sites for hydroxylation is 1. The number of nitrogens with zero attached hydrogens (tertiary/aromatic N) is 2. The summed E-state index contributed by atoms with van der Waals surface area (Å²) in [6.07, 6.45) is 4.21. The summed E-state index contributed by atoms with van der Waals surface area (Å²) >= 11 is 0. The van der Waals surface area contributed by atoms with Crippen LogP contribution in [0, 0.1) is 6.92 Å². The average molecular weight is 272 g/mol. The molecular formula is C18H28N2. The largest absolute Gasteiger partial charge is 0.298 e. The van der Waals surface area contributed by atoms with E-state index in [2.05, 4.69) is 54.8 Å². The Labute approximate surface area is 123 Å². The zero-order chi connectivity index (χ0) is 14.1. The van der Waals surface area contributed by atoms with E-state index in [0.29, 0.717) is 12.1 Å².